The number of carbonyl (C=O) groups excluding carboxylic acids is 2. The van der Waals surface area contributed by atoms with E-state index < -0.39 is 5.41 Å². The van der Waals surface area contributed by atoms with Crippen LogP contribution < -0.4 is 15.0 Å². The van der Waals surface area contributed by atoms with Gasteiger partial charge in [0.25, 0.3) is 5.91 Å². The van der Waals surface area contributed by atoms with Gasteiger partial charge in [-0.15, -0.1) is 0 Å². The molecule has 0 unspecified atom stereocenters. The predicted molar refractivity (Wildman–Crippen MR) is 125 cm³/mol. The van der Waals surface area contributed by atoms with Gasteiger partial charge in [0.1, 0.15) is 12.4 Å². The van der Waals surface area contributed by atoms with Crippen molar-refractivity contribution in [3.05, 3.63) is 66.2 Å². The molecule has 0 aliphatic carbocycles. The number of nitrogens with one attached hydrogen (secondary N) is 1. The van der Waals surface area contributed by atoms with Gasteiger partial charge < -0.3 is 15.0 Å². The normalized spacial score (nSPS) is 15.4. The highest BCUT2D eigenvalue weighted by molar-refractivity contribution is 6.07. The first kappa shape index (κ1) is 20.9. The summed E-state index contributed by atoms with van der Waals surface area (Å²) in [5.74, 6) is 0.788. The lowest BCUT2D eigenvalue weighted by molar-refractivity contribution is -0.127. The minimum Gasteiger partial charge on any atom is -0.490 e. The SMILES string of the molecule is CC(C)CN1C(=O)C(C)(C)COc2cc(NC(=O)c3ccc4ccccc4c3)ccc21. The number of benzene rings is 3. The lowest BCUT2D eigenvalue weighted by atomic mass is 9.92. The van der Waals surface area contributed by atoms with Crippen molar-refractivity contribution >= 4 is 34.0 Å². The minimum absolute atomic E-state index is 0.0490. The summed E-state index contributed by atoms with van der Waals surface area (Å²) in [4.78, 5) is 27.7. The molecule has 1 aliphatic heterocycles. The number of hydrogen-bond donors (Lipinski definition) is 1. The van der Waals surface area contributed by atoms with Crippen LogP contribution in [-0.4, -0.2) is 25.0 Å². The molecule has 31 heavy (non-hydrogen) atoms. The summed E-state index contributed by atoms with van der Waals surface area (Å²) in [5.41, 5.74) is 1.34. The fourth-order valence-corrected chi connectivity index (χ4v) is 3.81. The molecule has 0 saturated heterocycles. The Morgan fingerprint density at radius 1 is 1.06 bits per heavy atom. The van der Waals surface area contributed by atoms with Gasteiger partial charge in [0.2, 0.25) is 5.91 Å². The fraction of sp³-hybridized carbons (Fsp3) is 0.308. The third kappa shape index (κ3) is 4.26. The molecule has 5 nitrogen and oxygen atoms in total. The van der Waals surface area contributed by atoms with E-state index >= 15 is 0 Å². The smallest absolute Gasteiger partial charge is 0.255 e. The van der Waals surface area contributed by atoms with E-state index in [0.29, 0.717) is 29.5 Å². The first-order chi connectivity index (χ1) is 14.7. The van der Waals surface area contributed by atoms with Crippen LogP contribution in [0.2, 0.25) is 0 Å². The summed E-state index contributed by atoms with van der Waals surface area (Å²) >= 11 is 0. The molecule has 1 heterocycles. The highest BCUT2D eigenvalue weighted by atomic mass is 16.5. The monoisotopic (exact) mass is 416 g/mol. The average Bonchev–Trinajstić information content (AvgIpc) is 2.83. The summed E-state index contributed by atoms with van der Waals surface area (Å²) in [7, 11) is 0. The maximum atomic E-state index is 13.1. The number of nitrogens with zero attached hydrogens (tertiary/aromatic N) is 1. The van der Waals surface area contributed by atoms with Crippen LogP contribution in [-0.2, 0) is 4.79 Å². The molecule has 4 rings (SSSR count). The van der Waals surface area contributed by atoms with E-state index in [2.05, 4.69) is 19.2 Å². The lowest BCUT2D eigenvalue weighted by Crippen LogP contribution is -2.43. The Morgan fingerprint density at radius 3 is 2.55 bits per heavy atom. The van der Waals surface area contributed by atoms with Crippen LogP contribution in [0.25, 0.3) is 10.8 Å². The van der Waals surface area contributed by atoms with Gasteiger partial charge >= 0.3 is 0 Å². The molecule has 0 radical (unpaired) electrons. The van der Waals surface area contributed by atoms with E-state index in [1.54, 1.807) is 6.07 Å². The van der Waals surface area contributed by atoms with Gasteiger partial charge in [-0.25, -0.2) is 0 Å². The van der Waals surface area contributed by atoms with Crippen molar-refractivity contribution in [2.45, 2.75) is 27.7 Å². The number of fused-ring (bicyclic) bond motifs is 2. The van der Waals surface area contributed by atoms with Crippen molar-refractivity contribution in [3.63, 3.8) is 0 Å². The van der Waals surface area contributed by atoms with Gasteiger partial charge in [0.05, 0.1) is 11.1 Å². The third-order valence-electron chi connectivity index (χ3n) is 5.48. The van der Waals surface area contributed by atoms with Gasteiger partial charge in [-0.05, 0) is 54.8 Å². The zero-order valence-electron chi connectivity index (χ0n) is 18.4. The molecule has 0 spiro atoms. The van der Waals surface area contributed by atoms with Gasteiger partial charge in [0.15, 0.2) is 0 Å². The van der Waals surface area contributed by atoms with Crippen molar-refractivity contribution in [2.24, 2.45) is 11.3 Å². The van der Waals surface area contributed by atoms with Crippen LogP contribution in [0.3, 0.4) is 0 Å². The zero-order chi connectivity index (χ0) is 22.2. The first-order valence-electron chi connectivity index (χ1n) is 10.6. The molecular formula is C26H28N2O3. The Kier molecular flexibility index (Phi) is 5.44. The number of amides is 2. The standard InChI is InChI=1S/C26H28N2O3/c1-17(2)15-28-22-12-11-21(14-23(22)31-16-26(3,4)25(28)30)27-24(29)20-10-9-18-7-5-6-8-19(18)13-20/h5-14,17H,15-16H2,1-4H3,(H,27,29). The molecule has 5 heteroatoms. The van der Waals surface area contributed by atoms with Crippen molar-refractivity contribution < 1.29 is 14.3 Å². The molecule has 3 aromatic rings. The molecule has 1 N–H and O–H groups in total. The molecule has 3 aromatic carbocycles. The van der Waals surface area contributed by atoms with E-state index in [9.17, 15) is 9.59 Å². The molecule has 0 aromatic heterocycles. The van der Waals surface area contributed by atoms with Crippen molar-refractivity contribution in [1.29, 1.82) is 0 Å². The van der Waals surface area contributed by atoms with Crippen molar-refractivity contribution in [3.8, 4) is 5.75 Å². The van der Waals surface area contributed by atoms with E-state index in [1.807, 2.05) is 73.3 Å². The first-order valence-corrected chi connectivity index (χ1v) is 10.6. The molecule has 1 aliphatic rings. The van der Waals surface area contributed by atoms with Gasteiger partial charge in [-0.1, -0.05) is 44.2 Å². The van der Waals surface area contributed by atoms with Crippen LogP contribution in [0.5, 0.6) is 5.75 Å². The number of ether oxygens (including phenoxy) is 1. The molecule has 2 amide bonds. The van der Waals surface area contributed by atoms with E-state index in [0.717, 1.165) is 16.5 Å². The number of hydrogen-bond acceptors (Lipinski definition) is 3. The zero-order valence-corrected chi connectivity index (χ0v) is 18.4. The van der Waals surface area contributed by atoms with E-state index in [-0.39, 0.29) is 18.4 Å². The van der Waals surface area contributed by atoms with Crippen LogP contribution in [0.4, 0.5) is 11.4 Å². The fourth-order valence-electron chi connectivity index (χ4n) is 3.81. The quantitative estimate of drug-likeness (QED) is 0.611. The van der Waals surface area contributed by atoms with Gasteiger partial charge in [-0.3, -0.25) is 9.59 Å². The number of carbonyl (C=O) groups is 2. The Balaban J connectivity index is 1.62. The topological polar surface area (TPSA) is 58.6 Å². The summed E-state index contributed by atoms with van der Waals surface area (Å²) in [5, 5.41) is 5.07. The Morgan fingerprint density at radius 2 is 1.81 bits per heavy atom. The van der Waals surface area contributed by atoms with Crippen molar-refractivity contribution in [2.75, 3.05) is 23.4 Å². The second-order valence-corrected chi connectivity index (χ2v) is 9.18. The van der Waals surface area contributed by atoms with E-state index in [4.69, 9.17) is 4.74 Å². The van der Waals surface area contributed by atoms with Crippen LogP contribution in [0, 0.1) is 11.3 Å². The van der Waals surface area contributed by atoms with Crippen LogP contribution >= 0.6 is 0 Å². The Labute approximate surface area is 183 Å². The molecule has 0 bridgehead atoms. The molecule has 160 valence electrons. The second kappa shape index (κ2) is 8.06. The number of rotatable bonds is 4. The van der Waals surface area contributed by atoms with Crippen molar-refractivity contribution in [1.82, 2.24) is 0 Å². The number of anilines is 2. The summed E-state index contributed by atoms with van der Waals surface area (Å²) in [6.07, 6.45) is 0. The molecule has 0 saturated carbocycles. The highest BCUT2D eigenvalue weighted by Crippen LogP contribution is 2.38. The summed E-state index contributed by atoms with van der Waals surface area (Å²) in [6.45, 7) is 8.87. The predicted octanol–water partition coefficient (Wildman–Crippen LogP) is 5.50. The third-order valence-corrected chi connectivity index (χ3v) is 5.48. The minimum atomic E-state index is -0.623. The Bertz CT molecular complexity index is 1150. The molecule has 0 fully saturated rings. The van der Waals surface area contributed by atoms with Crippen LogP contribution in [0.1, 0.15) is 38.1 Å². The second-order valence-electron chi connectivity index (χ2n) is 9.18. The van der Waals surface area contributed by atoms with Crippen LogP contribution in [0.15, 0.2) is 60.7 Å². The molecule has 0 atom stereocenters. The summed E-state index contributed by atoms with van der Waals surface area (Å²) < 4.78 is 6.02. The maximum Gasteiger partial charge on any atom is 0.255 e. The van der Waals surface area contributed by atoms with Gasteiger partial charge in [0, 0.05) is 23.9 Å². The van der Waals surface area contributed by atoms with Gasteiger partial charge in [-0.2, -0.15) is 0 Å². The maximum absolute atomic E-state index is 13.1. The highest BCUT2D eigenvalue weighted by Gasteiger charge is 2.38. The lowest BCUT2D eigenvalue weighted by Gasteiger charge is -2.29. The average molecular weight is 417 g/mol. The Hall–Kier alpha value is -3.34. The largest absolute Gasteiger partial charge is 0.490 e. The molecular weight excluding hydrogens is 388 g/mol. The summed E-state index contributed by atoms with van der Waals surface area (Å²) in [6, 6.07) is 19.1. The van der Waals surface area contributed by atoms with E-state index in [1.165, 1.54) is 0 Å².